The molecule has 0 N–H and O–H groups in total. The molecule has 1 radical (unpaired) electrons. The molecule has 41 valence electrons. The van der Waals surface area contributed by atoms with Gasteiger partial charge in [0.2, 0.25) is 0 Å². The third kappa shape index (κ3) is 3.53. The molecule has 0 fully saturated rings. The van der Waals surface area contributed by atoms with E-state index in [-0.39, 0.29) is 0 Å². The molecular weight excluding hydrogens is 88.1 g/mol. The molecule has 0 atom stereocenters. The van der Waals surface area contributed by atoms with Crippen molar-refractivity contribution < 1.29 is 4.74 Å². The Morgan fingerprint density at radius 2 is 2.43 bits per heavy atom. The first-order valence-electron chi connectivity index (χ1n) is 2.25. The second-order valence-electron chi connectivity index (χ2n) is 1.48. The molecule has 0 saturated heterocycles. The van der Waals surface area contributed by atoms with Gasteiger partial charge in [-0.25, -0.2) is 0 Å². The van der Waals surface area contributed by atoms with E-state index >= 15 is 0 Å². The topological polar surface area (TPSA) is 9.23 Å². The third-order valence-electron chi connectivity index (χ3n) is 0.720. The maximum Gasteiger partial charge on any atom is 0.0670 e. The van der Waals surface area contributed by atoms with E-state index in [4.69, 9.17) is 4.74 Å². The van der Waals surface area contributed by atoms with Crippen LogP contribution in [0.4, 0.5) is 0 Å². The van der Waals surface area contributed by atoms with E-state index in [2.05, 4.69) is 6.92 Å². The van der Waals surface area contributed by atoms with Gasteiger partial charge in [0, 0.05) is 7.11 Å². The smallest absolute Gasteiger partial charge is 0.0670 e. The maximum atomic E-state index is 4.79. The number of rotatable bonds is 2. The van der Waals surface area contributed by atoms with Crippen molar-refractivity contribution in [2.75, 3.05) is 13.7 Å². The van der Waals surface area contributed by atoms with Crippen molar-refractivity contribution in [1.29, 1.82) is 0 Å². The normalized spacial score (nSPS) is 12.1. The molecule has 0 unspecified atom stereocenters. The van der Waals surface area contributed by atoms with Crippen LogP contribution in [-0.2, 0) is 4.74 Å². The molecule has 0 saturated carbocycles. The van der Waals surface area contributed by atoms with E-state index in [0.717, 1.165) is 0 Å². The summed E-state index contributed by atoms with van der Waals surface area (Å²) in [5.41, 5.74) is 1.17. The molecule has 0 aliphatic heterocycles. The standard InChI is InChI=1S/C6H11O/c1-4-6(2)5-7-3/h4H,1,5H2,2-3H3. The van der Waals surface area contributed by atoms with E-state index < -0.39 is 0 Å². The Kier molecular flexibility index (Phi) is 3.71. The number of allylic oxidation sites excluding steroid dienone is 1. The van der Waals surface area contributed by atoms with Gasteiger partial charge in [-0.15, -0.1) is 0 Å². The molecule has 0 aromatic heterocycles. The van der Waals surface area contributed by atoms with E-state index in [1.165, 1.54) is 5.57 Å². The molecule has 1 nitrogen and oxygen atoms in total. The lowest BCUT2D eigenvalue weighted by Crippen LogP contribution is -1.87. The highest BCUT2D eigenvalue weighted by atomic mass is 16.5. The highest BCUT2D eigenvalue weighted by Gasteiger charge is 1.79. The van der Waals surface area contributed by atoms with Crippen LogP contribution < -0.4 is 0 Å². The van der Waals surface area contributed by atoms with Crippen molar-refractivity contribution in [2.24, 2.45) is 0 Å². The van der Waals surface area contributed by atoms with Gasteiger partial charge >= 0.3 is 0 Å². The molecule has 0 aromatic rings. The minimum Gasteiger partial charge on any atom is -0.380 e. The van der Waals surface area contributed by atoms with Gasteiger partial charge in [0.1, 0.15) is 0 Å². The van der Waals surface area contributed by atoms with Crippen LogP contribution in [0.25, 0.3) is 0 Å². The molecule has 0 aliphatic carbocycles. The first-order chi connectivity index (χ1) is 3.31. The van der Waals surface area contributed by atoms with Gasteiger partial charge in [0.15, 0.2) is 0 Å². The third-order valence-corrected chi connectivity index (χ3v) is 0.720. The van der Waals surface area contributed by atoms with Crippen LogP contribution in [0.2, 0.25) is 0 Å². The Morgan fingerprint density at radius 3 is 2.57 bits per heavy atom. The summed E-state index contributed by atoms with van der Waals surface area (Å²) in [7, 11) is 1.67. The summed E-state index contributed by atoms with van der Waals surface area (Å²) >= 11 is 0. The van der Waals surface area contributed by atoms with E-state index in [0.29, 0.717) is 6.61 Å². The first kappa shape index (κ1) is 6.70. The molecule has 7 heavy (non-hydrogen) atoms. The van der Waals surface area contributed by atoms with Gasteiger partial charge in [-0.3, -0.25) is 0 Å². The van der Waals surface area contributed by atoms with Crippen molar-refractivity contribution >= 4 is 0 Å². The van der Waals surface area contributed by atoms with Gasteiger partial charge in [-0.05, 0) is 13.8 Å². The van der Waals surface area contributed by atoms with Crippen molar-refractivity contribution in [2.45, 2.75) is 6.92 Å². The second kappa shape index (κ2) is 3.88. The van der Waals surface area contributed by atoms with Crippen molar-refractivity contribution in [3.63, 3.8) is 0 Å². The lowest BCUT2D eigenvalue weighted by atomic mass is 10.3. The molecule has 0 spiro atoms. The van der Waals surface area contributed by atoms with Crippen molar-refractivity contribution in [3.8, 4) is 0 Å². The summed E-state index contributed by atoms with van der Waals surface area (Å²) in [4.78, 5) is 0. The van der Waals surface area contributed by atoms with E-state index in [1.54, 1.807) is 13.2 Å². The molecule has 0 rings (SSSR count). The quantitative estimate of drug-likeness (QED) is 0.508. The Balaban J connectivity index is 3.17. The van der Waals surface area contributed by atoms with Gasteiger partial charge in [0.05, 0.1) is 6.61 Å². The molecular formula is C6H11O. The number of hydrogen-bond acceptors (Lipinski definition) is 1. The average Bonchev–Trinajstić information content (AvgIpc) is 1.68. The van der Waals surface area contributed by atoms with E-state index in [1.807, 2.05) is 6.92 Å². The first-order valence-corrected chi connectivity index (χ1v) is 2.25. The summed E-state index contributed by atoms with van der Waals surface area (Å²) in [6.45, 7) is 6.24. The van der Waals surface area contributed by atoms with Gasteiger partial charge in [-0.1, -0.05) is 11.6 Å². The van der Waals surface area contributed by atoms with Crippen LogP contribution in [-0.4, -0.2) is 13.7 Å². The minimum absolute atomic E-state index is 0.698. The SMILES string of the molecule is [CH2]C=C(C)COC. The maximum absolute atomic E-state index is 4.79. The zero-order valence-electron chi connectivity index (χ0n) is 4.90. The molecule has 0 aromatic carbocycles. The summed E-state index contributed by atoms with van der Waals surface area (Å²) in [6.07, 6.45) is 1.80. The van der Waals surface area contributed by atoms with Gasteiger partial charge < -0.3 is 4.74 Å². The predicted molar refractivity (Wildman–Crippen MR) is 31.0 cm³/mol. The van der Waals surface area contributed by atoms with Crippen LogP contribution in [0, 0.1) is 6.92 Å². The van der Waals surface area contributed by atoms with Gasteiger partial charge in [-0.2, -0.15) is 0 Å². The van der Waals surface area contributed by atoms with Gasteiger partial charge in [0.25, 0.3) is 0 Å². The monoisotopic (exact) mass is 99.1 g/mol. The summed E-state index contributed by atoms with van der Waals surface area (Å²) in [5, 5.41) is 0. The van der Waals surface area contributed by atoms with Crippen LogP contribution in [0.15, 0.2) is 11.6 Å². The predicted octanol–water partition coefficient (Wildman–Crippen LogP) is 1.41. The number of methoxy groups -OCH3 is 1. The molecule has 0 aliphatic rings. The fraction of sp³-hybridized carbons (Fsp3) is 0.500. The summed E-state index contributed by atoms with van der Waals surface area (Å²) < 4.78 is 4.79. The Labute approximate surface area is 45.0 Å². The zero-order valence-corrected chi connectivity index (χ0v) is 4.90. The fourth-order valence-electron chi connectivity index (χ4n) is 0.287. The van der Waals surface area contributed by atoms with E-state index in [9.17, 15) is 0 Å². The second-order valence-corrected chi connectivity index (χ2v) is 1.48. The molecule has 0 bridgehead atoms. The highest BCUT2D eigenvalue weighted by molar-refractivity contribution is 4.99. The van der Waals surface area contributed by atoms with Crippen molar-refractivity contribution in [1.82, 2.24) is 0 Å². The Morgan fingerprint density at radius 1 is 1.86 bits per heavy atom. The zero-order chi connectivity index (χ0) is 5.70. The largest absolute Gasteiger partial charge is 0.380 e. The minimum atomic E-state index is 0.698. The highest BCUT2D eigenvalue weighted by Crippen LogP contribution is 1.88. The number of ether oxygens (including phenoxy) is 1. The molecule has 0 heterocycles. The Hall–Kier alpha value is -0.300. The lowest BCUT2D eigenvalue weighted by Gasteiger charge is -1.93. The van der Waals surface area contributed by atoms with Crippen LogP contribution in [0.3, 0.4) is 0 Å². The molecule has 0 amide bonds. The van der Waals surface area contributed by atoms with Crippen molar-refractivity contribution in [3.05, 3.63) is 18.6 Å². The van der Waals surface area contributed by atoms with Crippen LogP contribution in [0.1, 0.15) is 6.92 Å². The molecule has 1 heteroatoms. The fourth-order valence-corrected chi connectivity index (χ4v) is 0.287. The van der Waals surface area contributed by atoms with Crippen LogP contribution in [0.5, 0.6) is 0 Å². The summed E-state index contributed by atoms with van der Waals surface area (Å²) in [5.74, 6) is 0. The average molecular weight is 99.2 g/mol. The Bertz CT molecular complexity index is 64.6. The summed E-state index contributed by atoms with van der Waals surface area (Å²) in [6, 6.07) is 0. The van der Waals surface area contributed by atoms with Crippen LogP contribution >= 0.6 is 0 Å². The lowest BCUT2D eigenvalue weighted by molar-refractivity contribution is 0.226. The number of hydrogen-bond donors (Lipinski definition) is 0.